The van der Waals surface area contributed by atoms with Crippen LogP contribution in [0.25, 0.3) is 10.9 Å². The van der Waals surface area contributed by atoms with E-state index in [1.54, 1.807) is 24.3 Å². The van der Waals surface area contributed by atoms with E-state index >= 15 is 0 Å². The molecule has 3 N–H and O–H groups in total. The van der Waals surface area contributed by atoms with Crippen LogP contribution in [0.3, 0.4) is 0 Å². The number of aliphatic carboxylic acids is 1. The van der Waals surface area contributed by atoms with Crippen LogP contribution in [-0.4, -0.2) is 24.5 Å². The molecule has 0 aliphatic rings. The number of carboxylic acid groups (broad SMARTS) is 1. The van der Waals surface area contributed by atoms with Gasteiger partial charge in [-0.2, -0.15) is 13.2 Å². The summed E-state index contributed by atoms with van der Waals surface area (Å²) in [5.74, 6) is -1.38. The first-order valence-corrected chi connectivity index (χ1v) is 12.2. The summed E-state index contributed by atoms with van der Waals surface area (Å²) < 4.78 is 79.7. The van der Waals surface area contributed by atoms with Gasteiger partial charge in [0.15, 0.2) is 0 Å². The van der Waals surface area contributed by atoms with E-state index in [2.05, 4.69) is 9.71 Å². The zero-order valence-corrected chi connectivity index (χ0v) is 19.4. The Morgan fingerprint density at radius 1 is 0.972 bits per heavy atom. The van der Waals surface area contributed by atoms with E-state index < -0.39 is 33.5 Å². The van der Waals surface area contributed by atoms with E-state index in [9.17, 15) is 30.8 Å². The highest BCUT2D eigenvalue weighted by molar-refractivity contribution is 7.92. The van der Waals surface area contributed by atoms with Crippen LogP contribution < -0.4 is 4.72 Å². The SMILES string of the molecule is O=C(O)CCc1[nH]c2ccc(NS(=O)(=O)c3ccc(C(F)(F)F)cc3)cc2c1Cc1ccc(F)cc1. The van der Waals surface area contributed by atoms with Crippen molar-refractivity contribution in [1.29, 1.82) is 0 Å². The number of nitrogens with one attached hydrogen (secondary N) is 2. The van der Waals surface area contributed by atoms with Gasteiger partial charge in [-0.15, -0.1) is 0 Å². The van der Waals surface area contributed by atoms with Crippen LogP contribution in [-0.2, 0) is 33.8 Å². The molecule has 0 aliphatic carbocycles. The van der Waals surface area contributed by atoms with E-state index in [1.165, 1.54) is 18.2 Å². The normalized spacial score (nSPS) is 12.1. The van der Waals surface area contributed by atoms with E-state index in [1.807, 2.05) is 0 Å². The summed E-state index contributed by atoms with van der Waals surface area (Å²) in [6.07, 6.45) is -4.18. The number of sulfonamides is 1. The van der Waals surface area contributed by atoms with Gasteiger partial charge in [0, 0.05) is 22.3 Å². The molecule has 0 aliphatic heterocycles. The number of aryl methyl sites for hydroxylation is 1. The number of hydrogen-bond donors (Lipinski definition) is 3. The number of anilines is 1. The lowest BCUT2D eigenvalue weighted by molar-refractivity contribution is -0.138. The molecule has 6 nitrogen and oxygen atoms in total. The van der Waals surface area contributed by atoms with Gasteiger partial charge in [0.1, 0.15) is 5.82 Å². The van der Waals surface area contributed by atoms with Gasteiger partial charge in [-0.1, -0.05) is 12.1 Å². The second kappa shape index (κ2) is 9.65. The number of benzene rings is 3. The largest absolute Gasteiger partial charge is 0.481 e. The van der Waals surface area contributed by atoms with E-state index in [0.717, 1.165) is 23.3 Å². The van der Waals surface area contributed by atoms with Gasteiger partial charge < -0.3 is 10.1 Å². The summed E-state index contributed by atoms with van der Waals surface area (Å²) in [5.41, 5.74) is 2.00. The van der Waals surface area contributed by atoms with Gasteiger partial charge in [0.05, 0.1) is 16.9 Å². The highest BCUT2D eigenvalue weighted by atomic mass is 32.2. The number of aromatic amines is 1. The molecule has 4 rings (SSSR count). The van der Waals surface area contributed by atoms with Crippen molar-refractivity contribution in [3.05, 3.63) is 94.9 Å². The lowest BCUT2D eigenvalue weighted by Crippen LogP contribution is -2.13. The first kappa shape index (κ1) is 25.2. The molecular formula is C25H20F4N2O4S. The third-order valence-electron chi connectivity index (χ3n) is 5.62. The average molecular weight is 521 g/mol. The number of carbonyl (C=O) groups is 1. The first-order valence-electron chi connectivity index (χ1n) is 10.7. The van der Waals surface area contributed by atoms with Crippen molar-refractivity contribution in [3.63, 3.8) is 0 Å². The molecule has 0 bridgehead atoms. The lowest BCUT2D eigenvalue weighted by atomic mass is 9.99. The third-order valence-corrected chi connectivity index (χ3v) is 7.02. The van der Waals surface area contributed by atoms with Crippen molar-refractivity contribution in [2.24, 2.45) is 0 Å². The molecule has 36 heavy (non-hydrogen) atoms. The van der Waals surface area contributed by atoms with E-state index in [-0.39, 0.29) is 23.4 Å². The van der Waals surface area contributed by atoms with Crippen LogP contribution in [0.4, 0.5) is 23.2 Å². The van der Waals surface area contributed by atoms with Crippen molar-refractivity contribution < 1.29 is 35.9 Å². The fraction of sp³-hybridized carbons (Fsp3) is 0.160. The second-order valence-corrected chi connectivity index (χ2v) is 9.85. The third kappa shape index (κ3) is 5.68. The van der Waals surface area contributed by atoms with Crippen LogP contribution in [0.1, 0.15) is 28.8 Å². The monoisotopic (exact) mass is 520 g/mol. The quantitative estimate of drug-likeness (QED) is 0.258. The Bertz CT molecular complexity index is 1510. The van der Waals surface area contributed by atoms with Gasteiger partial charge in [-0.25, -0.2) is 12.8 Å². The van der Waals surface area contributed by atoms with Crippen LogP contribution in [0.2, 0.25) is 0 Å². The molecule has 0 fully saturated rings. The maximum atomic E-state index is 13.3. The topological polar surface area (TPSA) is 99.3 Å². The van der Waals surface area contributed by atoms with Crippen LogP contribution >= 0.6 is 0 Å². The van der Waals surface area contributed by atoms with Crippen molar-refractivity contribution in [2.75, 3.05) is 4.72 Å². The maximum absolute atomic E-state index is 13.3. The number of carboxylic acids is 1. The van der Waals surface area contributed by atoms with Gasteiger partial charge in [0.2, 0.25) is 0 Å². The van der Waals surface area contributed by atoms with Crippen LogP contribution in [0.5, 0.6) is 0 Å². The predicted octanol–water partition coefficient (Wildman–Crippen LogP) is 5.73. The van der Waals surface area contributed by atoms with E-state index in [4.69, 9.17) is 5.11 Å². The lowest BCUT2D eigenvalue weighted by Gasteiger charge is -2.11. The Morgan fingerprint density at radius 3 is 2.25 bits per heavy atom. The number of fused-ring (bicyclic) bond motifs is 1. The molecule has 11 heteroatoms. The van der Waals surface area contributed by atoms with Gasteiger partial charge in [-0.05, 0) is 78.6 Å². The standard InChI is InChI=1S/C25H20F4N2O4S/c26-17-5-1-15(2-6-17)13-20-21-14-18(7-10-22(21)30-23(20)11-12-24(32)33)31-36(34,35)19-8-3-16(4-9-19)25(27,28)29/h1-10,14,30-31H,11-13H2,(H,32,33). The van der Waals surface area contributed by atoms with Gasteiger partial charge in [-0.3, -0.25) is 9.52 Å². The second-order valence-electron chi connectivity index (χ2n) is 8.17. The van der Waals surface area contributed by atoms with Gasteiger partial charge in [0.25, 0.3) is 10.0 Å². The summed E-state index contributed by atoms with van der Waals surface area (Å²) in [5, 5.41) is 9.74. The number of alkyl halides is 3. The Balaban J connectivity index is 1.68. The van der Waals surface area contributed by atoms with Gasteiger partial charge >= 0.3 is 12.1 Å². The maximum Gasteiger partial charge on any atom is 0.416 e. The summed E-state index contributed by atoms with van der Waals surface area (Å²) in [7, 11) is -4.18. The average Bonchev–Trinajstić information content (AvgIpc) is 3.15. The smallest absolute Gasteiger partial charge is 0.416 e. The molecule has 0 unspecified atom stereocenters. The highest BCUT2D eigenvalue weighted by Gasteiger charge is 2.30. The number of halogens is 4. The Hall–Kier alpha value is -3.86. The minimum atomic E-state index is -4.59. The molecule has 3 aromatic carbocycles. The van der Waals surface area contributed by atoms with E-state index in [0.29, 0.717) is 35.2 Å². The molecule has 0 spiro atoms. The molecule has 0 saturated carbocycles. The number of rotatable bonds is 8. The van der Waals surface area contributed by atoms with Crippen molar-refractivity contribution >= 4 is 32.6 Å². The fourth-order valence-electron chi connectivity index (χ4n) is 3.86. The molecule has 0 amide bonds. The molecule has 0 radical (unpaired) electrons. The molecule has 188 valence electrons. The van der Waals surface area contributed by atoms with Crippen LogP contribution in [0, 0.1) is 5.82 Å². The summed E-state index contributed by atoms with van der Waals surface area (Å²) in [6, 6.07) is 13.7. The molecule has 1 heterocycles. The highest BCUT2D eigenvalue weighted by Crippen LogP contribution is 2.32. The Morgan fingerprint density at radius 2 is 1.64 bits per heavy atom. The van der Waals surface area contributed by atoms with Crippen molar-refractivity contribution in [3.8, 4) is 0 Å². The zero-order valence-electron chi connectivity index (χ0n) is 18.6. The van der Waals surface area contributed by atoms with Crippen LogP contribution in [0.15, 0.2) is 71.6 Å². The fourth-order valence-corrected chi connectivity index (χ4v) is 4.91. The molecule has 0 atom stereocenters. The number of aromatic nitrogens is 1. The van der Waals surface area contributed by atoms with Crippen molar-refractivity contribution in [2.45, 2.75) is 30.3 Å². The number of hydrogen-bond acceptors (Lipinski definition) is 3. The first-order chi connectivity index (χ1) is 16.9. The Kier molecular flexibility index (Phi) is 6.77. The minimum absolute atomic E-state index is 0.128. The molecule has 1 aromatic heterocycles. The summed E-state index contributed by atoms with van der Waals surface area (Å²) in [6.45, 7) is 0. The number of H-pyrrole nitrogens is 1. The summed E-state index contributed by atoms with van der Waals surface area (Å²) in [4.78, 5) is 14.0. The molecular weight excluding hydrogens is 500 g/mol. The predicted molar refractivity (Wildman–Crippen MR) is 126 cm³/mol. The molecule has 0 saturated heterocycles. The van der Waals surface area contributed by atoms with Crippen molar-refractivity contribution in [1.82, 2.24) is 4.98 Å². The molecule has 4 aromatic rings. The summed E-state index contributed by atoms with van der Waals surface area (Å²) >= 11 is 0. The Labute approximate surface area is 203 Å². The zero-order chi connectivity index (χ0) is 26.1. The minimum Gasteiger partial charge on any atom is -0.481 e.